The molecule has 20 heavy (non-hydrogen) atoms. The Morgan fingerprint density at radius 2 is 2.00 bits per heavy atom. The van der Waals surface area contributed by atoms with E-state index in [1.54, 1.807) is 12.1 Å². The average molecular weight is 304 g/mol. The van der Waals surface area contributed by atoms with Crippen LogP contribution in [0.15, 0.2) is 53.4 Å². The smallest absolute Gasteiger partial charge is 0.150 e. The molecular weight excluding hydrogens is 288 g/mol. The van der Waals surface area contributed by atoms with E-state index in [9.17, 15) is 4.79 Å². The fraction of sp³-hybridized carbons (Fsp3) is 0.188. The quantitative estimate of drug-likeness (QED) is 0.428. The summed E-state index contributed by atoms with van der Waals surface area (Å²) in [5, 5.41) is 1.03. The van der Waals surface area contributed by atoms with Gasteiger partial charge in [0.05, 0.1) is 0 Å². The third-order valence-electron chi connectivity index (χ3n) is 2.69. The summed E-state index contributed by atoms with van der Waals surface area (Å²) < 4.78 is 5.78. The highest BCUT2D eigenvalue weighted by atomic mass is 32.2. The lowest BCUT2D eigenvalue weighted by Crippen LogP contribution is -1.97. The molecule has 0 aliphatic carbocycles. The van der Waals surface area contributed by atoms with Crippen molar-refractivity contribution in [2.45, 2.75) is 11.5 Å². The zero-order valence-electron chi connectivity index (χ0n) is 11.2. The van der Waals surface area contributed by atoms with Crippen LogP contribution in [0.2, 0.25) is 0 Å². The molecule has 0 fully saturated rings. The summed E-state index contributed by atoms with van der Waals surface area (Å²) in [6, 6.07) is 15.5. The van der Waals surface area contributed by atoms with Crippen LogP contribution in [-0.4, -0.2) is 17.6 Å². The standard InChI is InChI=1S/C16H16O2S2/c1-19-12-20-16-8-3-2-6-14(16)11-18-15-7-4-5-13(9-15)10-17/h2-10H,11-12H2,1H3. The molecule has 0 saturated heterocycles. The minimum absolute atomic E-state index is 0.514. The molecule has 0 atom stereocenters. The van der Waals surface area contributed by atoms with E-state index in [0.717, 1.165) is 17.1 Å². The van der Waals surface area contributed by atoms with Crippen molar-refractivity contribution in [1.82, 2.24) is 0 Å². The van der Waals surface area contributed by atoms with Crippen LogP contribution in [0.5, 0.6) is 5.75 Å². The van der Waals surface area contributed by atoms with Crippen molar-refractivity contribution < 1.29 is 9.53 Å². The maximum atomic E-state index is 10.7. The van der Waals surface area contributed by atoms with Crippen LogP contribution in [-0.2, 0) is 6.61 Å². The number of ether oxygens (including phenoxy) is 1. The molecule has 2 aromatic carbocycles. The molecule has 2 aromatic rings. The minimum Gasteiger partial charge on any atom is -0.489 e. The fourth-order valence-corrected chi connectivity index (χ4v) is 3.19. The monoisotopic (exact) mass is 304 g/mol. The molecule has 0 spiro atoms. The highest BCUT2D eigenvalue weighted by Crippen LogP contribution is 2.26. The highest BCUT2D eigenvalue weighted by molar-refractivity contribution is 8.15. The number of benzene rings is 2. The molecule has 0 radical (unpaired) electrons. The summed E-state index contributed by atoms with van der Waals surface area (Å²) in [5.41, 5.74) is 1.80. The Morgan fingerprint density at radius 1 is 1.15 bits per heavy atom. The molecule has 0 unspecified atom stereocenters. The lowest BCUT2D eigenvalue weighted by atomic mass is 10.2. The number of aldehydes is 1. The van der Waals surface area contributed by atoms with Gasteiger partial charge in [0.15, 0.2) is 0 Å². The molecule has 0 aliphatic heterocycles. The van der Waals surface area contributed by atoms with Crippen molar-refractivity contribution in [2.75, 3.05) is 11.3 Å². The molecule has 104 valence electrons. The van der Waals surface area contributed by atoms with Gasteiger partial charge in [-0.2, -0.15) is 11.8 Å². The van der Waals surface area contributed by atoms with Crippen LogP contribution >= 0.6 is 23.5 Å². The second-order valence-corrected chi connectivity index (χ2v) is 6.39. The number of hydrogen-bond acceptors (Lipinski definition) is 4. The van der Waals surface area contributed by atoms with E-state index in [2.05, 4.69) is 18.4 Å². The van der Waals surface area contributed by atoms with Gasteiger partial charge in [0.1, 0.15) is 18.6 Å². The minimum atomic E-state index is 0.514. The zero-order valence-corrected chi connectivity index (χ0v) is 12.9. The summed E-state index contributed by atoms with van der Waals surface area (Å²) in [5.74, 6) is 0.722. The summed E-state index contributed by atoms with van der Waals surface area (Å²) in [6.45, 7) is 0.514. The second-order valence-electron chi connectivity index (χ2n) is 4.14. The van der Waals surface area contributed by atoms with Crippen LogP contribution in [0.4, 0.5) is 0 Å². The van der Waals surface area contributed by atoms with Crippen molar-refractivity contribution in [3.05, 3.63) is 59.7 Å². The Bertz CT molecular complexity index is 570. The van der Waals surface area contributed by atoms with Gasteiger partial charge < -0.3 is 4.74 Å². The Morgan fingerprint density at radius 3 is 2.80 bits per heavy atom. The zero-order chi connectivity index (χ0) is 14.2. The Balaban J connectivity index is 2.04. The van der Waals surface area contributed by atoms with E-state index in [1.807, 2.05) is 47.8 Å². The van der Waals surface area contributed by atoms with Crippen molar-refractivity contribution >= 4 is 29.8 Å². The first-order valence-electron chi connectivity index (χ1n) is 6.21. The van der Waals surface area contributed by atoms with Crippen LogP contribution in [0.25, 0.3) is 0 Å². The first-order valence-corrected chi connectivity index (χ1v) is 8.59. The summed E-state index contributed by atoms with van der Waals surface area (Å²) in [4.78, 5) is 12.0. The van der Waals surface area contributed by atoms with E-state index >= 15 is 0 Å². The molecule has 0 saturated carbocycles. The van der Waals surface area contributed by atoms with Crippen molar-refractivity contribution in [1.29, 1.82) is 0 Å². The molecule has 0 bridgehead atoms. The van der Waals surface area contributed by atoms with Crippen molar-refractivity contribution in [3.63, 3.8) is 0 Å². The molecule has 0 amide bonds. The van der Waals surface area contributed by atoms with Gasteiger partial charge >= 0.3 is 0 Å². The first-order chi connectivity index (χ1) is 9.83. The van der Waals surface area contributed by atoms with Crippen LogP contribution in [0.1, 0.15) is 15.9 Å². The SMILES string of the molecule is CSCSc1ccccc1COc1cccc(C=O)c1. The molecule has 0 heterocycles. The van der Waals surface area contributed by atoms with Crippen LogP contribution in [0, 0.1) is 0 Å². The molecular formula is C16H16O2S2. The van der Waals surface area contributed by atoms with Crippen LogP contribution in [0.3, 0.4) is 0 Å². The van der Waals surface area contributed by atoms with Gasteiger partial charge in [-0.05, 0) is 24.5 Å². The molecule has 0 N–H and O–H groups in total. The van der Waals surface area contributed by atoms with E-state index in [4.69, 9.17) is 4.74 Å². The Kier molecular flexibility index (Phi) is 6.02. The maximum absolute atomic E-state index is 10.7. The molecule has 0 aromatic heterocycles. The third-order valence-corrected chi connectivity index (χ3v) is 4.82. The van der Waals surface area contributed by atoms with Gasteiger partial charge in [-0.1, -0.05) is 30.3 Å². The number of thioether (sulfide) groups is 2. The highest BCUT2D eigenvalue weighted by Gasteiger charge is 2.03. The molecule has 2 nitrogen and oxygen atoms in total. The third kappa shape index (κ3) is 4.32. The molecule has 4 heteroatoms. The van der Waals surface area contributed by atoms with Gasteiger partial charge in [-0.15, -0.1) is 11.8 Å². The first kappa shape index (κ1) is 15.0. The van der Waals surface area contributed by atoms with E-state index < -0.39 is 0 Å². The maximum Gasteiger partial charge on any atom is 0.150 e. The van der Waals surface area contributed by atoms with Crippen molar-refractivity contribution in [2.24, 2.45) is 0 Å². The van der Waals surface area contributed by atoms with Gasteiger partial charge in [-0.3, -0.25) is 4.79 Å². The predicted octanol–water partition coefficient (Wildman–Crippen LogP) is 4.49. The number of carbonyl (C=O) groups is 1. The predicted molar refractivity (Wildman–Crippen MR) is 86.8 cm³/mol. The lowest BCUT2D eigenvalue weighted by Gasteiger charge is -2.10. The summed E-state index contributed by atoms with van der Waals surface area (Å²) >= 11 is 3.62. The largest absolute Gasteiger partial charge is 0.489 e. The molecule has 0 aliphatic rings. The van der Waals surface area contributed by atoms with Crippen LogP contribution < -0.4 is 4.74 Å². The van der Waals surface area contributed by atoms with Gasteiger partial charge in [0.2, 0.25) is 0 Å². The van der Waals surface area contributed by atoms with Gasteiger partial charge in [0.25, 0.3) is 0 Å². The average Bonchev–Trinajstić information content (AvgIpc) is 2.52. The second kappa shape index (κ2) is 8.02. The van der Waals surface area contributed by atoms with Gasteiger partial charge in [0, 0.05) is 21.1 Å². The van der Waals surface area contributed by atoms with Crippen molar-refractivity contribution in [3.8, 4) is 5.75 Å². The summed E-state index contributed by atoms with van der Waals surface area (Å²) in [7, 11) is 0. The topological polar surface area (TPSA) is 26.3 Å². The van der Waals surface area contributed by atoms with E-state index in [0.29, 0.717) is 12.2 Å². The van der Waals surface area contributed by atoms with E-state index in [1.165, 1.54) is 10.5 Å². The fourth-order valence-electron chi connectivity index (χ4n) is 1.73. The Hall–Kier alpha value is -1.39. The van der Waals surface area contributed by atoms with E-state index in [-0.39, 0.29) is 0 Å². The molecule has 2 rings (SSSR count). The normalized spacial score (nSPS) is 10.2. The number of rotatable bonds is 7. The number of carbonyl (C=O) groups excluding carboxylic acids is 1. The lowest BCUT2D eigenvalue weighted by molar-refractivity contribution is 0.112. The number of hydrogen-bond donors (Lipinski definition) is 0. The Labute approximate surface area is 127 Å². The van der Waals surface area contributed by atoms with Gasteiger partial charge in [-0.25, -0.2) is 0 Å². The summed E-state index contributed by atoms with van der Waals surface area (Å²) in [6.07, 6.45) is 2.92.